The smallest absolute Gasteiger partial charge is 0.123 e. The van der Waals surface area contributed by atoms with Crippen molar-refractivity contribution in [1.29, 1.82) is 0 Å². The van der Waals surface area contributed by atoms with E-state index in [2.05, 4.69) is 0 Å². The summed E-state index contributed by atoms with van der Waals surface area (Å²) in [6.45, 7) is 3.90. The summed E-state index contributed by atoms with van der Waals surface area (Å²) in [7, 11) is 0. The van der Waals surface area contributed by atoms with E-state index >= 15 is 0 Å². The maximum atomic E-state index is 9.82. The van der Waals surface area contributed by atoms with Gasteiger partial charge in [0.2, 0.25) is 0 Å². The van der Waals surface area contributed by atoms with Gasteiger partial charge in [-0.05, 0) is 49.2 Å². The van der Waals surface area contributed by atoms with Crippen molar-refractivity contribution in [2.75, 3.05) is 0 Å². The predicted octanol–water partition coefficient (Wildman–Crippen LogP) is 3.38. The highest BCUT2D eigenvalue weighted by Crippen LogP contribution is 2.33. The molecule has 2 rings (SSSR count). The monoisotopic (exact) mass is 214 g/mol. The third-order valence-electron chi connectivity index (χ3n) is 2.65. The molecule has 2 heteroatoms. The summed E-state index contributed by atoms with van der Waals surface area (Å²) < 4.78 is 0. The molecule has 0 spiro atoms. The van der Waals surface area contributed by atoms with Crippen molar-refractivity contribution in [3.63, 3.8) is 0 Å². The van der Waals surface area contributed by atoms with Gasteiger partial charge < -0.3 is 10.2 Å². The minimum atomic E-state index is 0.244. The number of phenolic OH excluding ortho intramolecular Hbond substituents is 2. The summed E-state index contributed by atoms with van der Waals surface area (Å²) in [5.41, 5.74) is 3.79. The van der Waals surface area contributed by atoms with Gasteiger partial charge in [-0.15, -0.1) is 0 Å². The van der Waals surface area contributed by atoms with E-state index < -0.39 is 0 Å². The molecule has 0 unspecified atom stereocenters. The van der Waals surface area contributed by atoms with E-state index in [1.807, 2.05) is 32.0 Å². The van der Waals surface area contributed by atoms with Crippen molar-refractivity contribution in [2.24, 2.45) is 0 Å². The van der Waals surface area contributed by atoms with E-state index in [0.29, 0.717) is 0 Å². The first-order valence-corrected chi connectivity index (χ1v) is 5.17. The standard InChI is InChI=1S/C14H14O2/c1-9-3-6-14(16)13(7-9)12-5-4-11(15)8-10(12)2/h3-8,15-16H,1-2H3. The Kier molecular flexibility index (Phi) is 2.57. The van der Waals surface area contributed by atoms with Crippen molar-refractivity contribution in [1.82, 2.24) is 0 Å². The zero-order valence-corrected chi connectivity index (χ0v) is 9.36. The van der Waals surface area contributed by atoms with Gasteiger partial charge in [-0.2, -0.15) is 0 Å². The van der Waals surface area contributed by atoms with Crippen molar-refractivity contribution < 1.29 is 10.2 Å². The third kappa shape index (κ3) is 1.87. The maximum Gasteiger partial charge on any atom is 0.123 e. The molecule has 0 aliphatic carbocycles. The van der Waals surface area contributed by atoms with E-state index in [1.165, 1.54) is 0 Å². The van der Waals surface area contributed by atoms with Crippen LogP contribution in [-0.2, 0) is 0 Å². The third-order valence-corrected chi connectivity index (χ3v) is 2.65. The molecule has 0 saturated heterocycles. The lowest BCUT2D eigenvalue weighted by molar-refractivity contribution is 0.473. The van der Waals surface area contributed by atoms with Crippen LogP contribution >= 0.6 is 0 Å². The molecule has 0 aliphatic heterocycles. The summed E-state index contributed by atoms with van der Waals surface area (Å²) in [6.07, 6.45) is 0. The molecule has 0 radical (unpaired) electrons. The van der Waals surface area contributed by atoms with E-state index in [-0.39, 0.29) is 11.5 Å². The SMILES string of the molecule is Cc1ccc(O)c(-c2ccc(O)cc2C)c1. The van der Waals surface area contributed by atoms with Crippen LogP contribution in [0.15, 0.2) is 36.4 Å². The van der Waals surface area contributed by atoms with E-state index in [1.54, 1.807) is 18.2 Å². The maximum absolute atomic E-state index is 9.82. The van der Waals surface area contributed by atoms with Crippen molar-refractivity contribution >= 4 is 0 Å². The zero-order chi connectivity index (χ0) is 11.7. The Morgan fingerprint density at radius 3 is 2.25 bits per heavy atom. The molecule has 16 heavy (non-hydrogen) atoms. The Balaban J connectivity index is 2.62. The predicted molar refractivity (Wildman–Crippen MR) is 64.7 cm³/mol. The van der Waals surface area contributed by atoms with Crippen molar-refractivity contribution in [3.05, 3.63) is 47.5 Å². The Labute approximate surface area is 94.8 Å². The molecule has 2 aromatic rings. The van der Waals surface area contributed by atoms with Gasteiger partial charge in [-0.1, -0.05) is 17.7 Å². The highest BCUT2D eigenvalue weighted by molar-refractivity contribution is 5.74. The van der Waals surface area contributed by atoms with Gasteiger partial charge in [0, 0.05) is 5.56 Å². The fourth-order valence-electron chi connectivity index (χ4n) is 1.82. The number of benzene rings is 2. The summed E-state index contributed by atoms with van der Waals surface area (Å²) in [6, 6.07) is 10.6. The number of hydrogen-bond donors (Lipinski definition) is 2. The number of hydrogen-bond acceptors (Lipinski definition) is 2. The van der Waals surface area contributed by atoms with Crippen LogP contribution in [-0.4, -0.2) is 10.2 Å². The lowest BCUT2D eigenvalue weighted by atomic mass is 9.98. The number of phenols is 2. The molecule has 0 fully saturated rings. The van der Waals surface area contributed by atoms with Crippen LogP contribution in [0, 0.1) is 13.8 Å². The van der Waals surface area contributed by atoms with Crippen LogP contribution in [0.2, 0.25) is 0 Å². The van der Waals surface area contributed by atoms with Gasteiger partial charge in [0.05, 0.1) is 0 Å². The van der Waals surface area contributed by atoms with Gasteiger partial charge in [0.1, 0.15) is 11.5 Å². The molecule has 2 aromatic carbocycles. The molecule has 0 bridgehead atoms. The minimum absolute atomic E-state index is 0.244. The average Bonchev–Trinajstić information content (AvgIpc) is 2.22. The topological polar surface area (TPSA) is 40.5 Å². The molecule has 2 N–H and O–H groups in total. The van der Waals surface area contributed by atoms with Crippen LogP contribution < -0.4 is 0 Å². The molecule has 82 valence electrons. The number of rotatable bonds is 1. The second-order valence-corrected chi connectivity index (χ2v) is 4.02. The van der Waals surface area contributed by atoms with Gasteiger partial charge in [-0.25, -0.2) is 0 Å². The quantitative estimate of drug-likeness (QED) is 0.764. The molecular formula is C14H14O2. The van der Waals surface area contributed by atoms with Crippen LogP contribution in [0.3, 0.4) is 0 Å². The van der Waals surface area contributed by atoms with E-state index in [0.717, 1.165) is 22.3 Å². The van der Waals surface area contributed by atoms with Crippen molar-refractivity contribution in [3.8, 4) is 22.6 Å². The second-order valence-electron chi connectivity index (χ2n) is 4.02. The first-order chi connectivity index (χ1) is 7.58. The molecule has 0 saturated carbocycles. The number of aromatic hydroxyl groups is 2. The van der Waals surface area contributed by atoms with Gasteiger partial charge in [0.25, 0.3) is 0 Å². The highest BCUT2D eigenvalue weighted by Gasteiger charge is 2.07. The van der Waals surface area contributed by atoms with Crippen LogP contribution in [0.25, 0.3) is 11.1 Å². The fourth-order valence-corrected chi connectivity index (χ4v) is 1.82. The van der Waals surface area contributed by atoms with Gasteiger partial charge in [0.15, 0.2) is 0 Å². The second kappa shape index (κ2) is 3.89. The molecule has 0 heterocycles. The van der Waals surface area contributed by atoms with Crippen LogP contribution in [0.1, 0.15) is 11.1 Å². The number of aryl methyl sites for hydroxylation is 2. The summed E-state index contributed by atoms with van der Waals surface area (Å²) in [4.78, 5) is 0. The normalized spacial score (nSPS) is 10.4. The lowest BCUT2D eigenvalue weighted by Gasteiger charge is -2.09. The Hall–Kier alpha value is -1.96. The molecule has 0 amide bonds. The van der Waals surface area contributed by atoms with E-state index in [9.17, 15) is 10.2 Å². The first kappa shape index (κ1) is 10.6. The Morgan fingerprint density at radius 2 is 1.56 bits per heavy atom. The summed E-state index contributed by atoms with van der Waals surface area (Å²) in [5, 5.41) is 19.2. The molecule has 2 nitrogen and oxygen atoms in total. The minimum Gasteiger partial charge on any atom is -0.508 e. The molecule has 0 aliphatic rings. The highest BCUT2D eigenvalue weighted by atomic mass is 16.3. The Morgan fingerprint density at radius 1 is 0.812 bits per heavy atom. The fraction of sp³-hybridized carbons (Fsp3) is 0.143. The van der Waals surface area contributed by atoms with Crippen LogP contribution in [0.5, 0.6) is 11.5 Å². The van der Waals surface area contributed by atoms with Gasteiger partial charge in [-0.3, -0.25) is 0 Å². The molecule has 0 aromatic heterocycles. The summed E-state index contributed by atoms with van der Waals surface area (Å²) >= 11 is 0. The average molecular weight is 214 g/mol. The Bertz CT molecular complexity index is 530. The van der Waals surface area contributed by atoms with Gasteiger partial charge >= 0.3 is 0 Å². The molecular weight excluding hydrogens is 200 g/mol. The first-order valence-electron chi connectivity index (χ1n) is 5.17. The molecule has 0 atom stereocenters. The van der Waals surface area contributed by atoms with E-state index in [4.69, 9.17) is 0 Å². The largest absolute Gasteiger partial charge is 0.508 e. The van der Waals surface area contributed by atoms with Crippen molar-refractivity contribution in [2.45, 2.75) is 13.8 Å². The lowest BCUT2D eigenvalue weighted by Crippen LogP contribution is -1.85. The van der Waals surface area contributed by atoms with Crippen LogP contribution in [0.4, 0.5) is 0 Å². The zero-order valence-electron chi connectivity index (χ0n) is 9.36. The summed E-state index contributed by atoms with van der Waals surface area (Å²) in [5.74, 6) is 0.507.